The molecular weight excluding hydrogens is 398 g/mol. The smallest absolute Gasteiger partial charge is 0.341 e. The van der Waals surface area contributed by atoms with Gasteiger partial charge in [-0.1, -0.05) is 12.1 Å². The van der Waals surface area contributed by atoms with Crippen molar-refractivity contribution in [3.8, 4) is 0 Å². The summed E-state index contributed by atoms with van der Waals surface area (Å²) in [5, 5.41) is 8.46. The molecule has 3 rings (SSSR count). The first-order valence-corrected chi connectivity index (χ1v) is 9.67. The SMILES string of the molecule is CC(=O)Nc1ccc(NC(=O)[C@@H](C)OC(=O)c2ccccc2NCc2ccco2)cc1. The van der Waals surface area contributed by atoms with Crippen molar-refractivity contribution in [1.29, 1.82) is 0 Å². The number of hydrogen-bond donors (Lipinski definition) is 3. The van der Waals surface area contributed by atoms with E-state index in [9.17, 15) is 14.4 Å². The second kappa shape index (κ2) is 10.1. The molecule has 0 radical (unpaired) electrons. The highest BCUT2D eigenvalue weighted by molar-refractivity contribution is 6.00. The van der Waals surface area contributed by atoms with E-state index in [0.717, 1.165) is 5.76 Å². The monoisotopic (exact) mass is 421 g/mol. The number of rotatable bonds is 8. The van der Waals surface area contributed by atoms with Gasteiger partial charge in [-0.15, -0.1) is 0 Å². The molecule has 0 unspecified atom stereocenters. The summed E-state index contributed by atoms with van der Waals surface area (Å²) < 4.78 is 10.6. The lowest BCUT2D eigenvalue weighted by molar-refractivity contribution is -0.123. The van der Waals surface area contributed by atoms with E-state index in [4.69, 9.17) is 9.15 Å². The van der Waals surface area contributed by atoms with Crippen LogP contribution in [0.4, 0.5) is 17.1 Å². The molecule has 0 aliphatic heterocycles. The molecule has 0 saturated heterocycles. The summed E-state index contributed by atoms with van der Waals surface area (Å²) in [6.07, 6.45) is 0.561. The highest BCUT2D eigenvalue weighted by Crippen LogP contribution is 2.19. The number of hydrogen-bond acceptors (Lipinski definition) is 6. The lowest BCUT2D eigenvalue weighted by Gasteiger charge is -2.16. The van der Waals surface area contributed by atoms with E-state index in [1.807, 2.05) is 6.07 Å². The fourth-order valence-electron chi connectivity index (χ4n) is 2.77. The van der Waals surface area contributed by atoms with Gasteiger partial charge in [-0.3, -0.25) is 9.59 Å². The van der Waals surface area contributed by atoms with Crippen molar-refractivity contribution >= 4 is 34.8 Å². The molecule has 0 spiro atoms. The van der Waals surface area contributed by atoms with E-state index in [2.05, 4.69) is 16.0 Å². The Kier molecular flexibility index (Phi) is 7.05. The third kappa shape index (κ3) is 6.20. The van der Waals surface area contributed by atoms with Crippen LogP contribution in [-0.4, -0.2) is 23.9 Å². The average molecular weight is 421 g/mol. The summed E-state index contributed by atoms with van der Waals surface area (Å²) in [6.45, 7) is 3.32. The molecule has 3 aromatic rings. The van der Waals surface area contributed by atoms with E-state index in [-0.39, 0.29) is 5.91 Å². The van der Waals surface area contributed by atoms with Gasteiger partial charge in [0.1, 0.15) is 5.76 Å². The fraction of sp³-hybridized carbons (Fsp3) is 0.174. The topological polar surface area (TPSA) is 110 Å². The number of amides is 2. The van der Waals surface area contributed by atoms with Crippen molar-refractivity contribution in [1.82, 2.24) is 0 Å². The zero-order valence-corrected chi connectivity index (χ0v) is 17.2. The Hall–Kier alpha value is -4.07. The Morgan fingerprint density at radius 2 is 1.61 bits per heavy atom. The third-order valence-electron chi connectivity index (χ3n) is 4.31. The quantitative estimate of drug-likeness (QED) is 0.474. The molecule has 0 aliphatic rings. The van der Waals surface area contributed by atoms with E-state index in [0.29, 0.717) is 29.2 Å². The molecule has 0 aliphatic carbocycles. The number of carbonyl (C=O) groups excluding carboxylic acids is 3. The summed E-state index contributed by atoms with van der Waals surface area (Å²) in [7, 11) is 0. The summed E-state index contributed by atoms with van der Waals surface area (Å²) in [5.74, 6) is -0.551. The minimum absolute atomic E-state index is 0.184. The summed E-state index contributed by atoms with van der Waals surface area (Å²) in [4.78, 5) is 36.1. The van der Waals surface area contributed by atoms with Crippen molar-refractivity contribution in [2.75, 3.05) is 16.0 Å². The van der Waals surface area contributed by atoms with Crippen LogP contribution in [0.15, 0.2) is 71.3 Å². The van der Waals surface area contributed by atoms with Crippen molar-refractivity contribution in [2.45, 2.75) is 26.5 Å². The number of carbonyl (C=O) groups is 3. The van der Waals surface area contributed by atoms with Crippen LogP contribution < -0.4 is 16.0 Å². The maximum absolute atomic E-state index is 12.6. The van der Waals surface area contributed by atoms with E-state index < -0.39 is 18.0 Å². The van der Waals surface area contributed by atoms with Crippen molar-refractivity contribution in [3.63, 3.8) is 0 Å². The van der Waals surface area contributed by atoms with Gasteiger partial charge < -0.3 is 25.1 Å². The molecule has 2 aromatic carbocycles. The predicted octanol–water partition coefficient (Wildman–Crippen LogP) is 4.03. The average Bonchev–Trinajstić information content (AvgIpc) is 3.27. The number of ether oxygens (including phenoxy) is 1. The summed E-state index contributed by atoms with van der Waals surface area (Å²) >= 11 is 0. The molecule has 1 heterocycles. The van der Waals surface area contributed by atoms with Gasteiger partial charge in [0.15, 0.2) is 6.10 Å². The van der Waals surface area contributed by atoms with Crippen LogP contribution in [0.2, 0.25) is 0 Å². The first-order valence-electron chi connectivity index (χ1n) is 9.67. The Morgan fingerprint density at radius 1 is 0.935 bits per heavy atom. The molecule has 3 N–H and O–H groups in total. The van der Waals surface area contributed by atoms with E-state index in [1.54, 1.807) is 60.9 Å². The Morgan fingerprint density at radius 3 is 2.26 bits per heavy atom. The van der Waals surface area contributed by atoms with Gasteiger partial charge in [0, 0.05) is 24.0 Å². The number of nitrogens with one attached hydrogen (secondary N) is 3. The van der Waals surface area contributed by atoms with Crippen molar-refractivity contribution < 1.29 is 23.5 Å². The van der Waals surface area contributed by atoms with E-state index in [1.165, 1.54) is 13.8 Å². The molecule has 1 aromatic heterocycles. The highest BCUT2D eigenvalue weighted by Gasteiger charge is 2.21. The van der Waals surface area contributed by atoms with Gasteiger partial charge in [-0.25, -0.2) is 4.79 Å². The largest absolute Gasteiger partial charge is 0.467 e. The molecule has 31 heavy (non-hydrogen) atoms. The van der Waals surface area contributed by atoms with Gasteiger partial charge in [-0.05, 0) is 55.5 Å². The lowest BCUT2D eigenvalue weighted by Crippen LogP contribution is -2.30. The molecule has 0 bridgehead atoms. The standard InChI is InChI=1S/C23H23N3O5/c1-15(22(28)26-18-11-9-17(10-12-18)25-16(2)27)31-23(29)20-7-3-4-8-21(20)24-14-19-6-5-13-30-19/h3-13,15,24H,14H2,1-2H3,(H,25,27)(H,26,28)/t15-/m1/s1. The first kappa shape index (κ1) is 21.6. The number of anilines is 3. The minimum atomic E-state index is -1.01. The molecule has 2 amide bonds. The minimum Gasteiger partial charge on any atom is -0.467 e. The Bertz CT molecular complexity index is 1050. The van der Waals surface area contributed by atoms with Gasteiger partial charge in [0.25, 0.3) is 5.91 Å². The van der Waals surface area contributed by atoms with Crippen molar-refractivity contribution in [3.05, 3.63) is 78.3 Å². The van der Waals surface area contributed by atoms with Gasteiger partial charge in [0.2, 0.25) is 5.91 Å². The second-order valence-corrected chi connectivity index (χ2v) is 6.77. The molecular formula is C23H23N3O5. The lowest BCUT2D eigenvalue weighted by atomic mass is 10.1. The van der Waals surface area contributed by atoms with Gasteiger partial charge in [-0.2, -0.15) is 0 Å². The Labute approximate surface area is 179 Å². The third-order valence-corrected chi connectivity index (χ3v) is 4.31. The van der Waals surface area contributed by atoms with Crippen LogP contribution in [0.25, 0.3) is 0 Å². The van der Waals surface area contributed by atoms with Crippen LogP contribution >= 0.6 is 0 Å². The van der Waals surface area contributed by atoms with Crippen molar-refractivity contribution in [2.24, 2.45) is 0 Å². The number of furan rings is 1. The van der Waals surface area contributed by atoms with Crippen LogP contribution in [0.1, 0.15) is 30.0 Å². The van der Waals surface area contributed by atoms with Gasteiger partial charge in [0.05, 0.1) is 18.4 Å². The van der Waals surface area contributed by atoms with Crippen LogP contribution in [0.3, 0.4) is 0 Å². The zero-order chi connectivity index (χ0) is 22.2. The predicted molar refractivity (Wildman–Crippen MR) is 117 cm³/mol. The number of esters is 1. The first-order chi connectivity index (χ1) is 14.9. The molecule has 8 nitrogen and oxygen atoms in total. The summed E-state index contributed by atoms with van der Waals surface area (Å²) in [6, 6.07) is 17.1. The highest BCUT2D eigenvalue weighted by atomic mass is 16.5. The summed E-state index contributed by atoms with van der Waals surface area (Å²) in [5.41, 5.74) is 2.02. The van der Waals surface area contributed by atoms with Crippen LogP contribution in [0.5, 0.6) is 0 Å². The normalized spacial score (nSPS) is 11.3. The zero-order valence-electron chi connectivity index (χ0n) is 17.2. The maximum atomic E-state index is 12.6. The fourth-order valence-corrected chi connectivity index (χ4v) is 2.77. The maximum Gasteiger partial charge on any atom is 0.341 e. The Balaban J connectivity index is 1.58. The molecule has 160 valence electrons. The molecule has 1 atom stereocenters. The number of para-hydroxylation sites is 1. The van der Waals surface area contributed by atoms with Crippen LogP contribution in [0, 0.1) is 0 Å². The van der Waals surface area contributed by atoms with E-state index >= 15 is 0 Å². The molecule has 0 saturated carbocycles. The van der Waals surface area contributed by atoms with Crippen LogP contribution in [-0.2, 0) is 20.9 Å². The van der Waals surface area contributed by atoms with Gasteiger partial charge >= 0.3 is 5.97 Å². The number of benzene rings is 2. The molecule has 8 heteroatoms. The molecule has 0 fully saturated rings. The second-order valence-electron chi connectivity index (χ2n) is 6.77.